The lowest BCUT2D eigenvalue weighted by molar-refractivity contribution is -0.137. The number of nitrogens with one attached hydrogen (secondary N) is 1. The summed E-state index contributed by atoms with van der Waals surface area (Å²) in [5.41, 5.74) is 0.405. The minimum Gasteiger partial charge on any atom is -0.437 e. The van der Waals surface area contributed by atoms with Crippen LogP contribution in [0, 0.1) is 0 Å². The molecule has 0 aliphatic heterocycles. The normalized spacial score (nSPS) is 13.8. The Hall–Kier alpha value is -4.05. The highest BCUT2D eigenvalue weighted by atomic mass is 35.5. The second-order valence-electron chi connectivity index (χ2n) is 9.23. The van der Waals surface area contributed by atoms with E-state index in [-0.39, 0.29) is 27.2 Å². The fraction of sp³-hybridized carbons (Fsp3) is 0.207. The minimum atomic E-state index is -4.63. The van der Waals surface area contributed by atoms with Gasteiger partial charge in [-0.05, 0) is 60.7 Å². The van der Waals surface area contributed by atoms with E-state index in [1.807, 2.05) is 0 Å². The first-order chi connectivity index (χ1) is 19.0. The van der Waals surface area contributed by atoms with Crippen molar-refractivity contribution < 1.29 is 31.5 Å². The number of aromatic nitrogens is 2. The molecule has 1 aliphatic rings. The highest BCUT2D eigenvalue weighted by molar-refractivity contribution is 6.31. The van der Waals surface area contributed by atoms with Crippen LogP contribution in [0.1, 0.15) is 46.3 Å². The lowest BCUT2D eigenvalue weighted by atomic mass is 10.0. The number of hydrogen-bond donors (Lipinski definition) is 1. The van der Waals surface area contributed by atoms with Crippen molar-refractivity contribution in [3.05, 3.63) is 100 Å². The molecule has 0 spiro atoms. The van der Waals surface area contributed by atoms with Crippen molar-refractivity contribution in [3.8, 4) is 11.6 Å². The number of allylic oxidation sites excluding steroid dienone is 2. The average Bonchev–Trinajstić information content (AvgIpc) is 3.46. The van der Waals surface area contributed by atoms with E-state index in [0.29, 0.717) is 0 Å². The van der Waals surface area contributed by atoms with Gasteiger partial charge in [-0.25, -0.2) is 0 Å². The minimum absolute atomic E-state index is 0.130. The zero-order chi connectivity index (χ0) is 28.5. The van der Waals surface area contributed by atoms with E-state index in [4.69, 9.17) is 16.3 Å². The summed E-state index contributed by atoms with van der Waals surface area (Å²) >= 11 is 6.22. The molecule has 0 radical (unpaired) electrons. The molecule has 0 saturated carbocycles. The monoisotopic (exact) mass is 573 g/mol. The molecule has 1 aromatic heterocycles. The molecule has 5 rings (SSSR count). The van der Waals surface area contributed by atoms with Crippen LogP contribution in [0.4, 0.5) is 22.0 Å². The number of hydrogen-bond acceptors (Lipinski definition) is 4. The number of nitrogens with zero attached hydrogens (tertiary/aromatic N) is 2. The van der Waals surface area contributed by atoms with E-state index in [0.717, 1.165) is 48.6 Å². The van der Waals surface area contributed by atoms with Crippen LogP contribution in [0.25, 0.3) is 16.5 Å². The van der Waals surface area contributed by atoms with Crippen molar-refractivity contribution in [2.24, 2.45) is 0 Å². The first-order valence-corrected chi connectivity index (χ1v) is 12.7. The van der Waals surface area contributed by atoms with Crippen LogP contribution in [0.2, 0.25) is 5.02 Å². The summed E-state index contributed by atoms with van der Waals surface area (Å²) in [7, 11) is 0. The lowest BCUT2D eigenvalue weighted by Crippen LogP contribution is -2.35. The summed E-state index contributed by atoms with van der Waals surface area (Å²) in [6.07, 6.45) is 0.189. The number of carbonyl (C=O) groups excluding carboxylic acids is 1. The van der Waals surface area contributed by atoms with Crippen LogP contribution >= 0.6 is 11.6 Å². The number of benzene rings is 3. The predicted octanol–water partition coefficient (Wildman–Crippen LogP) is 8.18. The average molecular weight is 574 g/mol. The second kappa shape index (κ2) is 10.8. The van der Waals surface area contributed by atoms with E-state index in [9.17, 15) is 18.0 Å². The standard InChI is InChI=1S/C29H21ClF5N3O2/c30-23-14-18(17-6-1-2-7-17)12-13-22(23)28(31,32)16-36-26(39)25-21-10-3-4-11-24(21)37-38-27(25)40-20-9-5-8-19(15-20)29(33,34)35/h3-6,8-15H,1-2,7,16H2,(H,36,39). The van der Waals surface area contributed by atoms with Gasteiger partial charge in [-0.3, -0.25) is 4.79 Å². The third-order valence-corrected chi connectivity index (χ3v) is 6.80. The summed E-state index contributed by atoms with van der Waals surface area (Å²) in [5.74, 6) is -5.21. The van der Waals surface area contributed by atoms with Gasteiger partial charge in [-0.15, -0.1) is 10.2 Å². The molecule has 1 amide bonds. The third-order valence-electron chi connectivity index (χ3n) is 6.48. The molecular formula is C29H21ClF5N3O2. The molecule has 1 N–H and O–H groups in total. The number of amides is 1. The number of alkyl halides is 5. The SMILES string of the molecule is O=C(NCC(F)(F)c1ccc(C2=CCCC2)cc1Cl)c1c(Oc2cccc(C(F)(F)F)c2)nnc2ccccc12. The van der Waals surface area contributed by atoms with Gasteiger partial charge in [0.2, 0.25) is 0 Å². The molecule has 0 bridgehead atoms. The van der Waals surface area contributed by atoms with E-state index in [2.05, 4.69) is 21.6 Å². The van der Waals surface area contributed by atoms with Gasteiger partial charge in [0.15, 0.2) is 0 Å². The van der Waals surface area contributed by atoms with Crippen molar-refractivity contribution in [2.75, 3.05) is 6.54 Å². The van der Waals surface area contributed by atoms with Crippen LogP contribution in [-0.2, 0) is 12.1 Å². The molecule has 4 aromatic rings. The van der Waals surface area contributed by atoms with Crippen molar-refractivity contribution in [2.45, 2.75) is 31.4 Å². The number of fused-ring (bicyclic) bond motifs is 1. The number of ether oxygens (including phenoxy) is 1. The van der Waals surface area contributed by atoms with Gasteiger partial charge < -0.3 is 10.1 Å². The number of halogens is 6. The molecule has 1 aliphatic carbocycles. The molecule has 5 nitrogen and oxygen atoms in total. The third kappa shape index (κ3) is 5.77. The summed E-state index contributed by atoms with van der Waals surface area (Å²) in [5, 5.41) is 10.1. The van der Waals surface area contributed by atoms with Gasteiger partial charge in [-0.1, -0.05) is 54.1 Å². The van der Waals surface area contributed by atoms with Gasteiger partial charge in [-0.2, -0.15) is 22.0 Å². The Balaban J connectivity index is 1.42. The summed E-state index contributed by atoms with van der Waals surface area (Å²) in [6, 6.07) is 14.6. The Morgan fingerprint density at radius 3 is 2.50 bits per heavy atom. The fourth-order valence-electron chi connectivity index (χ4n) is 4.49. The topological polar surface area (TPSA) is 64.1 Å². The van der Waals surface area contributed by atoms with Crippen LogP contribution in [0.3, 0.4) is 0 Å². The maximum Gasteiger partial charge on any atom is 0.416 e. The van der Waals surface area contributed by atoms with Crippen LogP contribution < -0.4 is 10.1 Å². The summed E-state index contributed by atoms with van der Waals surface area (Å²) in [6.45, 7) is -1.10. The van der Waals surface area contributed by atoms with Gasteiger partial charge in [0, 0.05) is 10.9 Å². The summed E-state index contributed by atoms with van der Waals surface area (Å²) in [4.78, 5) is 13.3. The van der Waals surface area contributed by atoms with Gasteiger partial charge >= 0.3 is 6.18 Å². The number of carbonyl (C=O) groups is 1. The maximum absolute atomic E-state index is 15.2. The van der Waals surface area contributed by atoms with E-state index in [1.165, 1.54) is 24.3 Å². The lowest BCUT2D eigenvalue weighted by Gasteiger charge is -2.20. The Labute approximate surface area is 230 Å². The zero-order valence-corrected chi connectivity index (χ0v) is 21.5. The fourth-order valence-corrected chi connectivity index (χ4v) is 4.81. The molecule has 1 heterocycles. The Morgan fingerprint density at radius 2 is 1.77 bits per heavy atom. The van der Waals surface area contributed by atoms with Gasteiger partial charge in [0.25, 0.3) is 17.7 Å². The van der Waals surface area contributed by atoms with E-state index < -0.39 is 41.6 Å². The first kappa shape index (κ1) is 27.5. The van der Waals surface area contributed by atoms with Crippen LogP contribution in [0.15, 0.2) is 72.8 Å². The summed E-state index contributed by atoms with van der Waals surface area (Å²) < 4.78 is 75.5. The molecule has 0 saturated heterocycles. The van der Waals surface area contributed by atoms with Gasteiger partial charge in [0.1, 0.15) is 11.3 Å². The highest BCUT2D eigenvalue weighted by Crippen LogP contribution is 2.37. The van der Waals surface area contributed by atoms with Crippen LogP contribution in [0.5, 0.6) is 11.6 Å². The smallest absolute Gasteiger partial charge is 0.416 e. The highest BCUT2D eigenvalue weighted by Gasteiger charge is 2.35. The molecular weight excluding hydrogens is 553 g/mol. The number of rotatable bonds is 7. The second-order valence-corrected chi connectivity index (χ2v) is 9.64. The molecule has 0 atom stereocenters. The maximum atomic E-state index is 15.2. The van der Waals surface area contributed by atoms with Crippen molar-refractivity contribution >= 4 is 34.0 Å². The quantitative estimate of drug-likeness (QED) is 0.226. The van der Waals surface area contributed by atoms with Crippen molar-refractivity contribution in [1.29, 1.82) is 0 Å². The Morgan fingerprint density at radius 1 is 0.975 bits per heavy atom. The Kier molecular flexibility index (Phi) is 7.46. The van der Waals surface area contributed by atoms with Crippen molar-refractivity contribution in [1.82, 2.24) is 15.5 Å². The largest absolute Gasteiger partial charge is 0.437 e. The first-order valence-electron chi connectivity index (χ1n) is 12.3. The molecule has 0 fully saturated rings. The van der Waals surface area contributed by atoms with E-state index >= 15 is 8.78 Å². The van der Waals surface area contributed by atoms with Crippen LogP contribution in [-0.4, -0.2) is 22.6 Å². The molecule has 3 aromatic carbocycles. The zero-order valence-electron chi connectivity index (χ0n) is 20.7. The van der Waals surface area contributed by atoms with Gasteiger partial charge in [0.05, 0.1) is 22.6 Å². The molecule has 40 heavy (non-hydrogen) atoms. The Bertz CT molecular complexity index is 1620. The van der Waals surface area contributed by atoms with Crippen molar-refractivity contribution in [3.63, 3.8) is 0 Å². The molecule has 11 heteroatoms. The predicted molar refractivity (Wildman–Crippen MR) is 141 cm³/mol. The molecule has 0 unspecified atom stereocenters. The van der Waals surface area contributed by atoms with E-state index in [1.54, 1.807) is 24.3 Å². The molecule has 206 valence electrons.